The Bertz CT molecular complexity index is 661. The third-order valence-corrected chi connectivity index (χ3v) is 3.63. The van der Waals surface area contributed by atoms with Crippen LogP contribution in [0.2, 0.25) is 0 Å². The van der Waals surface area contributed by atoms with Gasteiger partial charge >= 0.3 is 0 Å². The lowest BCUT2D eigenvalue weighted by atomic mass is 9.83. The molecule has 1 aromatic rings. The third kappa shape index (κ3) is 1.77. The van der Waals surface area contributed by atoms with Gasteiger partial charge in [0.15, 0.2) is 0 Å². The number of amides is 1. The van der Waals surface area contributed by atoms with Gasteiger partial charge in [-0.15, -0.1) is 0 Å². The number of nitrogens with one attached hydrogen (secondary N) is 1. The van der Waals surface area contributed by atoms with Crippen LogP contribution in [0.15, 0.2) is 35.5 Å². The van der Waals surface area contributed by atoms with Gasteiger partial charge in [0.25, 0.3) is 5.91 Å². The number of allylic oxidation sites excluding steroid dienone is 1. The zero-order valence-electron chi connectivity index (χ0n) is 11.0. The summed E-state index contributed by atoms with van der Waals surface area (Å²) < 4.78 is 19.2. The highest BCUT2D eigenvalue weighted by Crippen LogP contribution is 2.40. The quantitative estimate of drug-likeness (QED) is 0.568. The molecule has 1 aromatic carbocycles. The zero-order valence-corrected chi connectivity index (χ0v) is 11.0. The van der Waals surface area contributed by atoms with Crippen molar-refractivity contribution in [3.63, 3.8) is 0 Å². The predicted molar refractivity (Wildman–Crippen MR) is 73.7 cm³/mol. The number of carbonyl (C=O) groups is 1. The van der Waals surface area contributed by atoms with Crippen molar-refractivity contribution in [3.05, 3.63) is 46.9 Å². The highest BCUT2D eigenvalue weighted by Gasteiger charge is 2.35. The summed E-state index contributed by atoms with van der Waals surface area (Å²) in [6.07, 6.45) is 1.84. The fourth-order valence-electron chi connectivity index (χ4n) is 2.26. The van der Waals surface area contributed by atoms with Crippen molar-refractivity contribution in [2.45, 2.75) is 19.4 Å². The number of anilines is 1. The molecule has 1 N–H and O–H groups in total. The molecule has 0 saturated carbocycles. The van der Waals surface area contributed by atoms with Crippen LogP contribution in [-0.2, 0) is 9.53 Å². The van der Waals surface area contributed by atoms with E-state index in [1.54, 1.807) is 6.07 Å². The van der Waals surface area contributed by atoms with Crippen LogP contribution < -0.4 is 5.32 Å². The van der Waals surface area contributed by atoms with Crippen LogP contribution in [0.25, 0.3) is 5.57 Å². The van der Waals surface area contributed by atoms with Crippen LogP contribution in [0.1, 0.15) is 19.4 Å². The minimum atomic E-state index is -0.432. The Hall–Kier alpha value is -2.04. The predicted octanol–water partition coefficient (Wildman–Crippen LogP) is 1.81. The highest BCUT2D eigenvalue weighted by molar-refractivity contribution is 6.33. The SMILES string of the molecule is BC1=C/C(=C2\C(=O)Nc3ccc(F)cc32)OC1(C)C. The highest BCUT2D eigenvalue weighted by atomic mass is 19.1. The van der Waals surface area contributed by atoms with Gasteiger partial charge in [-0.05, 0) is 38.1 Å². The Morgan fingerprint density at radius 3 is 2.74 bits per heavy atom. The van der Waals surface area contributed by atoms with Gasteiger partial charge in [-0.3, -0.25) is 4.79 Å². The van der Waals surface area contributed by atoms with Crippen molar-refractivity contribution in [1.29, 1.82) is 0 Å². The average molecular weight is 257 g/mol. The molecule has 0 fully saturated rings. The van der Waals surface area contributed by atoms with Gasteiger partial charge < -0.3 is 10.1 Å². The minimum Gasteiger partial charge on any atom is -0.484 e. The van der Waals surface area contributed by atoms with E-state index < -0.39 is 5.60 Å². The van der Waals surface area contributed by atoms with Crippen LogP contribution >= 0.6 is 0 Å². The molecule has 2 aliphatic rings. The molecule has 2 aliphatic heterocycles. The van der Waals surface area contributed by atoms with E-state index in [-0.39, 0.29) is 11.7 Å². The maximum atomic E-state index is 13.4. The molecular formula is C14H13BFNO2. The lowest BCUT2D eigenvalue weighted by Crippen LogP contribution is -2.22. The number of ether oxygens (including phenoxy) is 1. The van der Waals surface area contributed by atoms with Gasteiger partial charge in [0.1, 0.15) is 25.0 Å². The van der Waals surface area contributed by atoms with Gasteiger partial charge in [-0.2, -0.15) is 0 Å². The van der Waals surface area contributed by atoms with E-state index >= 15 is 0 Å². The topological polar surface area (TPSA) is 38.3 Å². The first-order chi connectivity index (χ1) is 8.88. The molecule has 19 heavy (non-hydrogen) atoms. The van der Waals surface area contributed by atoms with Crippen LogP contribution in [0.4, 0.5) is 10.1 Å². The first kappa shape index (κ1) is 12.0. The summed E-state index contributed by atoms with van der Waals surface area (Å²) in [6.45, 7) is 3.87. The summed E-state index contributed by atoms with van der Waals surface area (Å²) >= 11 is 0. The van der Waals surface area contributed by atoms with Crippen molar-refractivity contribution in [3.8, 4) is 0 Å². The molecule has 0 radical (unpaired) electrons. The molecule has 1 amide bonds. The number of rotatable bonds is 0. The minimum absolute atomic E-state index is 0.252. The number of hydrogen-bond donors (Lipinski definition) is 1. The Morgan fingerprint density at radius 1 is 1.37 bits per heavy atom. The molecule has 5 heteroatoms. The summed E-state index contributed by atoms with van der Waals surface area (Å²) in [4.78, 5) is 12.0. The van der Waals surface area contributed by atoms with Gasteiger partial charge in [0.2, 0.25) is 0 Å². The summed E-state index contributed by atoms with van der Waals surface area (Å²) in [5, 5.41) is 2.72. The lowest BCUT2D eigenvalue weighted by molar-refractivity contribution is -0.111. The number of halogens is 1. The maximum absolute atomic E-state index is 13.4. The first-order valence-electron chi connectivity index (χ1n) is 6.12. The Balaban J connectivity index is 2.19. The number of hydrogen-bond acceptors (Lipinski definition) is 2. The van der Waals surface area contributed by atoms with Crippen molar-refractivity contribution >= 4 is 25.0 Å². The zero-order chi connectivity index (χ0) is 13.8. The molecule has 0 aliphatic carbocycles. The molecule has 3 rings (SSSR count). The Labute approximate surface area is 111 Å². The number of benzene rings is 1. The van der Waals surface area contributed by atoms with Gasteiger partial charge in [-0.1, -0.05) is 5.47 Å². The fourth-order valence-corrected chi connectivity index (χ4v) is 2.26. The fraction of sp³-hybridized carbons (Fsp3) is 0.214. The van der Waals surface area contributed by atoms with E-state index in [4.69, 9.17) is 4.74 Å². The molecule has 0 bridgehead atoms. The molecule has 96 valence electrons. The standard InChI is InChI=1S/C14H13BFNO2/c1-14(2)11(15)6-10(19-14)12-8-5-7(16)3-4-9(8)17-13(12)18/h3-6H,15H2,1-2H3,(H,17,18)/b12-10+. The van der Waals surface area contributed by atoms with Crippen LogP contribution in [0, 0.1) is 5.82 Å². The third-order valence-electron chi connectivity index (χ3n) is 3.63. The molecule has 0 spiro atoms. The second kappa shape index (κ2) is 3.73. The van der Waals surface area contributed by atoms with E-state index in [1.807, 2.05) is 27.8 Å². The summed E-state index contributed by atoms with van der Waals surface area (Å²) in [7, 11) is 1.95. The van der Waals surface area contributed by atoms with Crippen molar-refractivity contribution < 1.29 is 13.9 Å². The molecule has 0 unspecified atom stereocenters. The largest absolute Gasteiger partial charge is 0.484 e. The number of carbonyl (C=O) groups excluding carboxylic acids is 1. The monoisotopic (exact) mass is 257 g/mol. The molecule has 3 nitrogen and oxygen atoms in total. The molecular weight excluding hydrogens is 244 g/mol. The Morgan fingerprint density at radius 2 is 2.11 bits per heavy atom. The van der Waals surface area contributed by atoms with E-state index in [0.717, 1.165) is 5.47 Å². The van der Waals surface area contributed by atoms with E-state index in [1.165, 1.54) is 12.1 Å². The van der Waals surface area contributed by atoms with Gasteiger partial charge in [0.05, 0.1) is 5.57 Å². The van der Waals surface area contributed by atoms with Crippen LogP contribution in [-0.4, -0.2) is 19.4 Å². The summed E-state index contributed by atoms with van der Waals surface area (Å²) in [6, 6.07) is 4.24. The average Bonchev–Trinajstić information content (AvgIpc) is 2.75. The second-order valence-electron chi connectivity index (χ2n) is 5.32. The molecule has 0 atom stereocenters. The van der Waals surface area contributed by atoms with Gasteiger partial charge in [0, 0.05) is 11.3 Å². The van der Waals surface area contributed by atoms with E-state index in [9.17, 15) is 9.18 Å². The smallest absolute Gasteiger partial charge is 0.260 e. The summed E-state index contributed by atoms with van der Waals surface area (Å²) in [5.41, 5.74) is 2.18. The van der Waals surface area contributed by atoms with E-state index in [2.05, 4.69) is 5.32 Å². The first-order valence-corrected chi connectivity index (χ1v) is 6.12. The molecule has 0 saturated heterocycles. The van der Waals surface area contributed by atoms with Crippen molar-refractivity contribution in [2.24, 2.45) is 0 Å². The second-order valence-corrected chi connectivity index (χ2v) is 5.32. The Kier molecular flexibility index (Phi) is 2.36. The summed E-state index contributed by atoms with van der Waals surface area (Å²) in [5.74, 6) is -0.118. The lowest BCUT2D eigenvalue weighted by Gasteiger charge is -2.21. The normalized spacial score (nSPS) is 23.7. The number of fused-ring (bicyclic) bond motifs is 1. The van der Waals surface area contributed by atoms with Crippen LogP contribution in [0.3, 0.4) is 0 Å². The van der Waals surface area contributed by atoms with Crippen LogP contribution in [0.5, 0.6) is 0 Å². The van der Waals surface area contributed by atoms with E-state index in [0.29, 0.717) is 22.6 Å². The van der Waals surface area contributed by atoms with Gasteiger partial charge in [-0.25, -0.2) is 4.39 Å². The van der Waals surface area contributed by atoms with Crippen molar-refractivity contribution in [2.75, 3.05) is 5.32 Å². The van der Waals surface area contributed by atoms with Crippen molar-refractivity contribution in [1.82, 2.24) is 0 Å². The molecule has 2 heterocycles. The molecule has 0 aromatic heterocycles. The maximum Gasteiger partial charge on any atom is 0.260 e.